The second-order valence-electron chi connectivity index (χ2n) is 5.55. The number of carbonyl (C=O) groups excluding carboxylic acids is 2. The summed E-state index contributed by atoms with van der Waals surface area (Å²) in [6, 6.07) is 11.2. The highest BCUT2D eigenvalue weighted by Gasteiger charge is 2.16. The number of rotatable bonds is 6. The molecule has 27 heavy (non-hydrogen) atoms. The lowest BCUT2D eigenvalue weighted by Crippen LogP contribution is -2.24. The molecule has 0 spiro atoms. The predicted octanol–water partition coefficient (Wildman–Crippen LogP) is 3.02. The van der Waals surface area contributed by atoms with Crippen LogP contribution in [-0.4, -0.2) is 27.9 Å². The molecule has 0 aliphatic heterocycles. The van der Waals surface area contributed by atoms with Gasteiger partial charge in [0.15, 0.2) is 0 Å². The number of carboxylic acid groups (broad SMARTS) is 1. The van der Waals surface area contributed by atoms with E-state index in [2.05, 4.69) is 15.6 Å². The highest BCUT2D eigenvalue weighted by Crippen LogP contribution is 2.21. The van der Waals surface area contributed by atoms with Gasteiger partial charge in [-0.05, 0) is 29.8 Å². The second-order valence-corrected chi connectivity index (χ2v) is 6.30. The van der Waals surface area contributed by atoms with Crippen LogP contribution in [0, 0.1) is 0 Å². The summed E-state index contributed by atoms with van der Waals surface area (Å²) in [7, 11) is 0. The molecule has 3 aromatic rings. The average molecular weight is 381 g/mol. The Hall–Kier alpha value is -3.52. The van der Waals surface area contributed by atoms with Gasteiger partial charge in [-0.25, -0.2) is 4.79 Å². The number of aromatic carboxylic acids is 1. The van der Waals surface area contributed by atoms with Crippen molar-refractivity contribution < 1.29 is 19.5 Å². The number of aromatic nitrogens is 1. The van der Waals surface area contributed by atoms with Gasteiger partial charge in [-0.15, -0.1) is 11.3 Å². The van der Waals surface area contributed by atoms with E-state index in [4.69, 9.17) is 5.11 Å². The van der Waals surface area contributed by atoms with Crippen molar-refractivity contribution in [2.45, 2.75) is 6.54 Å². The van der Waals surface area contributed by atoms with Crippen LogP contribution >= 0.6 is 11.3 Å². The molecule has 0 radical (unpaired) electrons. The van der Waals surface area contributed by atoms with E-state index in [-0.39, 0.29) is 23.7 Å². The Bertz CT molecular complexity index is 968. The molecule has 0 bridgehead atoms. The number of anilines is 1. The Kier molecular flexibility index (Phi) is 5.58. The van der Waals surface area contributed by atoms with Crippen LogP contribution in [0.2, 0.25) is 0 Å². The van der Waals surface area contributed by atoms with E-state index >= 15 is 0 Å². The maximum absolute atomic E-state index is 12.4. The number of nitrogens with zero attached hydrogens (tertiary/aromatic N) is 1. The van der Waals surface area contributed by atoms with Crippen molar-refractivity contribution >= 4 is 34.8 Å². The van der Waals surface area contributed by atoms with Crippen LogP contribution in [-0.2, 0) is 6.54 Å². The largest absolute Gasteiger partial charge is 0.478 e. The van der Waals surface area contributed by atoms with Crippen molar-refractivity contribution in [3.05, 3.63) is 81.8 Å². The molecule has 0 unspecified atom stereocenters. The summed E-state index contributed by atoms with van der Waals surface area (Å²) in [6.45, 7) is 0.238. The summed E-state index contributed by atoms with van der Waals surface area (Å²) in [6.07, 6.45) is 1.52. The van der Waals surface area contributed by atoms with Gasteiger partial charge >= 0.3 is 5.97 Å². The first-order chi connectivity index (χ1) is 13.0. The summed E-state index contributed by atoms with van der Waals surface area (Å²) in [5, 5.41) is 17.7. The highest BCUT2D eigenvalue weighted by molar-refractivity contribution is 7.08. The van der Waals surface area contributed by atoms with E-state index in [1.807, 2.05) is 0 Å². The van der Waals surface area contributed by atoms with Gasteiger partial charge < -0.3 is 15.7 Å². The number of hydrogen-bond acceptors (Lipinski definition) is 5. The molecule has 2 heterocycles. The zero-order valence-electron chi connectivity index (χ0n) is 14.0. The summed E-state index contributed by atoms with van der Waals surface area (Å²) in [5.41, 5.74) is 1.97. The molecule has 3 N–H and O–H groups in total. The number of pyridine rings is 1. The van der Waals surface area contributed by atoms with Gasteiger partial charge in [0.2, 0.25) is 0 Å². The maximum Gasteiger partial charge on any atom is 0.335 e. The maximum atomic E-state index is 12.4. The van der Waals surface area contributed by atoms with Gasteiger partial charge in [0.1, 0.15) is 5.69 Å². The summed E-state index contributed by atoms with van der Waals surface area (Å²) in [5.74, 6) is -1.74. The van der Waals surface area contributed by atoms with E-state index in [1.165, 1.54) is 29.7 Å². The Morgan fingerprint density at radius 1 is 1.00 bits per heavy atom. The first-order valence-electron chi connectivity index (χ1n) is 7.93. The Morgan fingerprint density at radius 2 is 1.78 bits per heavy atom. The SMILES string of the molecule is O=C(O)c1ccc(CNC(=O)c2cscc2NC(=O)c2ccccn2)cc1. The number of carboxylic acids is 1. The fourth-order valence-corrected chi connectivity index (χ4v) is 3.06. The summed E-state index contributed by atoms with van der Waals surface area (Å²) >= 11 is 1.30. The van der Waals surface area contributed by atoms with Crippen LogP contribution in [0.15, 0.2) is 59.4 Å². The minimum Gasteiger partial charge on any atom is -0.478 e. The number of benzene rings is 1. The number of thiophene rings is 1. The van der Waals surface area contributed by atoms with E-state index in [0.29, 0.717) is 11.3 Å². The van der Waals surface area contributed by atoms with Crippen molar-refractivity contribution in [2.24, 2.45) is 0 Å². The zero-order chi connectivity index (χ0) is 19.2. The first kappa shape index (κ1) is 18.3. The van der Waals surface area contributed by atoms with Crippen molar-refractivity contribution in [3.63, 3.8) is 0 Å². The van der Waals surface area contributed by atoms with E-state index < -0.39 is 11.9 Å². The highest BCUT2D eigenvalue weighted by atomic mass is 32.1. The lowest BCUT2D eigenvalue weighted by atomic mass is 10.1. The molecule has 2 amide bonds. The topological polar surface area (TPSA) is 108 Å². The molecule has 2 aromatic heterocycles. The van der Waals surface area contributed by atoms with Gasteiger partial charge in [-0.1, -0.05) is 18.2 Å². The molecule has 0 saturated carbocycles. The van der Waals surface area contributed by atoms with Crippen LogP contribution in [0.1, 0.15) is 36.8 Å². The number of amides is 2. The molecular formula is C19H15N3O4S. The van der Waals surface area contributed by atoms with Gasteiger partial charge in [0, 0.05) is 23.5 Å². The summed E-state index contributed by atoms with van der Waals surface area (Å²) < 4.78 is 0. The third-order valence-electron chi connectivity index (χ3n) is 3.71. The lowest BCUT2D eigenvalue weighted by Gasteiger charge is -2.08. The summed E-state index contributed by atoms with van der Waals surface area (Å²) in [4.78, 5) is 39.5. The van der Waals surface area contributed by atoms with Crippen molar-refractivity contribution in [2.75, 3.05) is 5.32 Å². The monoisotopic (exact) mass is 381 g/mol. The van der Waals surface area contributed by atoms with E-state index in [9.17, 15) is 14.4 Å². The third kappa shape index (κ3) is 4.56. The molecule has 3 rings (SSSR count). The van der Waals surface area contributed by atoms with Crippen LogP contribution in [0.4, 0.5) is 5.69 Å². The minimum atomic E-state index is -1.00. The normalized spacial score (nSPS) is 10.2. The Morgan fingerprint density at radius 3 is 2.44 bits per heavy atom. The van der Waals surface area contributed by atoms with Crippen molar-refractivity contribution in [3.8, 4) is 0 Å². The number of hydrogen-bond donors (Lipinski definition) is 3. The second kappa shape index (κ2) is 8.24. The van der Waals surface area contributed by atoms with Crippen LogP contribution in [0.25, 0.3) is 0 Å². The standard InChI is InChI=1S/C19H15N3O4S/c23-17(21-9-12-4-6-13(7-5-12)19(25)26)14-10-27-11-16(14)22-18(24)15-3-1-2-8-20-15/h1-8,10-11H,9H2,(H,21,23)(H,22,24)(H,25,26). The minimum absolute atomic E-state index is 0.183. The van der Waals surface area contributed by atoms with E-state index in [0.717, 1.165) is 5.56 Å². The quantitative estimate of drug-likeness (QED) is 0.608. The third-order valence-corrected chi connectivity index (χ3v) is 4.45. The molecule has 0 fully saturated rings. The molecule has 0 saturated heterocycles. The average Bonchev–Trinajstić information content (AvgIpc) is 3.15. The molecule has 0 atom stereocenters. The number of carbonyl (C=O) groups is 3. The van der Waals surface area contributed by atoms with Crippen molar-refractivity contribution in [1.82, 2.24) is 10.3 Å². The predicted molar refractivity (Wildman–Crippen MR) is 101 cm³/mol. The lowest BCUT2D eigenvalue weighted by molar-refractivity contribution is 0.0696. The molecular weight excluding hydrogens is 366 g/mol. The molecule has 7 nitrogen and oxygen atoms in total. The van der Waals surface area contributed by atoms with Gasteiger partial charge in [-0.3, -0.25) is 14.6 Å². The molecule has 1 aromatic carbocycles. The fourth-order valence-electron chi connectivity index (χ4n) is 2.30. The van der Waals surface area contributed by atoms with Crippen molar-refractivity contribution in [1.29, 1.82) is 0 Å². The molecule has 0 aliphatic carbocycles. The molecule has 0 aliphatic rings. The smallest absolute Gasteiger partial charge is 0.335 e. The van der Waals surface area contributed by atoms with Crippen LogP contribution in [0.5, 0.6) is 0 Å². The fraction of sp³-hybridized carbons (Fsp3) is 0.0526. The first-order valence-corrected chi connectivity index (χ1v) is 8.88. The Balaban J connectivity index is 1.63. The molecule has 136 valence electrons. The zero-order valence-corrected chi connectivity index (χ0v) is 14.8. The van der Waals surface area contributed by atoms with Gasteiger partial charge in [0.25, 0.3) is 11.8 Å². The van der Waals surface area contributed by atoms with Gasteiger partial charge in [0.05, 0.1) is 16.8 Å². The van der Waals surface area contributed by atoms with Crippen LogP contribution < -0.4 is 10.6 Å². The van der Waals surface area contributed by atoms with Crippen LogP contribution in [0.3, 0.4) is 0 Å². The van der Waals surface area contributed by atoms with Gasteiger partial charge in [-0.2, -0.15) is 0 Å². The Labute approximate surface area is 158 Å². The molecule has 8 heteroatoms. The van der Waals surface area contributed by atoms with E-state index in [1.54, 1.807) is 41.1 Å². The number of nitrogens with one attached hydrogen (secondary N) is 2.